The van der Waals surface area contributed by atoms with E-state index in [4.69, 9.17) is 4.74 Å². The van der Waals surface area contributed by atoms with E-state index in [0.29, 0.717) is 12.2 Å². The van der Waals surface area contributed by atoms with E-state index in [2.05, 4.69) is 0 Å². The van der Waals surface area contributed by atoms with E-state index in [-0.39, 0.29) is 39.5 Å². The molecule has 1 saturated carbocycles. The monoisotopic (exact) mass is 620 g/mol. The Bertz CT molecular complexity index is 1680. The second-order valence-corrected chi connectivity index (χ2v) is 13.4. The normalized spacial score (nSPS) is 19.6. The summed E-state index contributed by atoms with van der Waals surface area (Å²) in [7, 11) is -1.86. The van der Waals surface area contributed by atoms with Crippen molar-refractivity contribution in [1.82, 2.24) is 4.31 Å². The molecule has 0 aromatic heterocycles. The largest absolute Gasteiger partial charge is 0.478 e. The second-order valence-electron chi connectivity index (χ2n) is 11.3. The highest BCUT2D eigenvalue weighted by atomic mass is 32.3. The van der Waals surface area contributed by atoms with E-state index >= 15 is 0 Å². The zero-order chi connectivity index (χ0) is 31.0. The van der Waals surface area contributed by atoms with Gasteiger partial charge in [-0.25, -0.2) is 13.6 Å². The maximum atomic E-state index is 14.9. The maximum Gasteiger partial charge on any atom is 0.338 e. The van der Waals surface area contributed by atoms with Crippen LogP contribution in [-0.2, 0) is 0 Å². The van der Waals surface area contributed by atoms with Crippen molar-refractivity contribution < 1.29 is 32.5 Å². The molecule has 1 unspecified atom stereocenters. The average Bonchev–Trinajstić information content (AvgIpc) is 3.11. The molecule has 3 N–H and O–H groups in total. The third-order valence-electron chi connectivity index (χ3n) is 8.71. The van der Waals surface area contributed by atoms with Crippen LogP contribution in [0.3, 0.4) is 0 Å². The average molecular weight is 621 g/mol. The molecular weight excluding hydrogens is 586 g/mol. The minimum atomic E-state index is -3.59. The highest BCUT2D eigenvalue weighted by molar-refractivity contribution is 8.22. The van der Waals surface area contributed by atoms with E-state index < -0.39 is 33.9 Å². The molecule has 10 heteroatoms. The van der Waals surface area contributed by atoms with Gasteiger partial charge in [0.2, 0.25) is 0 Å². The van der Waals surface area contributed by atoms with E-state index in [1.165, 1.54) is 30.3 Å². The number of rotatable bonds is 6. The maximum absolute atomic E-state index is 14.9. The first-order valence-electron chi connectivity index (χ1n) is 14.6. The summed E-state index contributed by atoms with van der Waals surface area (Å²) >= 11 is 0. The van der Waals surface area contributed by atoms with Crippen LogP contribution in [0, 0.1) is 17.6 Å². The summed E-state index contributed by atoms with van der Waals surface area (Å²) in [5, 5.41) is 9.63. The van der Waals surface area contributed by atoms with Crippen LogP contribution in [0.15, 0.2) is 89.8 Å². The molecule has 0 bridgehead atoms. The van der Waals surface area contributed by atoms with Gasteiger partial charge >= 0.3 is 5.97 Å². The van der Waals surface area contributed by atoms with Crippen LogP contribution in [0.4, 0.5) is 20.2 Å². The topological polar surface area (TPSA) is 93.5 Å². The molecule has 6 rings (SSSR count). The Kier molecular flexibility index (Phi) is 8.34. The lowest BCUT2D eigenvalue weighted by Crippen LogP contribution is -2.45. The fourth-order valence-electron chi connectivity index (χ4n) is 6.35. The number of hydrogen-bond acceptors (Lipinski definition) is 6. The molecule has 1 aliphatic carbocycles. The highest BCUT2D eigenvalue weighted by Crippen LogP contribution is 2.61. The van der Waals surface area contributed by atoms with E-state index in [1.54, 1.807) is 29.6 Å². The summed E-state index contributed by atoms with van der Waals surface area (Å²) in [5.41, 5.74) is 1.26. The molecule has 1 atom stereocenters. The standard InChI is InChI=1S/C34H34F2N2O5S/c1-37-30(22-10-4-2-5-11-22)21-38(24-12-6-3-7-13-24)29-20-32(43-31-15-9-8-14-28(31)36)25(19-33(29)44(37,41)42)23-16-17-27(35)26(18-23)34(39)40/h3,6-9,12-20,22,30,41-42H,2,4-5,10-11,21H2,1H3,(H,39,40). The van der Waals surface area contributed by atoms with Crippen molar-refractivity contribution >= 4 is 28.1 Å². The number of benzene rings is 4. The molecule has 1 heterocycles. The van der Waals surface area contributed by atoms with Crippen molar-refractivity contribution in [2.75, 3.05) is 18.5 Å². The van der Waals surface area contributed by atoms with E-state index in [1.807, 2.05) is 35.2 Å². The Morgan fingerprint density at radius 3 is 2.27 bits per heavy atom. The SMILES string of the molecule is CN1C(C2CCCCC2)CN(c2ccccc2)c2cc(Oc3ccccc3F)c(-c3ccc(F)c(C(=O)O)c3)cc2S1(O)O. The number of anilines is 2. The van der Waals surface area contributed by atoms with Crippen LogP contribution in [0.1, 0.15) is 42.5 Å². The first-order valence-corrected chi connectivity index (χ1v) is 16.1. The van der Waals surface area contributed by atoms with Gasteiger partial charge in [-0.1, -0.05) is 55.7 Å². The zero-order valence-electron chi connectivity index (χ0n) is 24.2. The third kappa shape index (κ3) is 5.66. The van der Waals surface area contributed by atoms with Crippen molar-refractivity contribution in [1.29, 1.82) is 0 Å². The molecule has 2 aliphatic rings. The highest BCUT2D eigenvalue weighted by Gasteiger charge is 2.41. The number of carboxylic acids is 1. The molecule has 4 aromatic carbocycles. The molecule has 0 saturated heterocycles. The summed E-state index contributed by atoms with van der Waals surface area (Å²) in [6, 6.07) is 22.1. The van der Waals surface area contributed by atoms with Crippen molar-refractivity contribution in [2.45, 2.75) is 43.0 Å². The number of carbonyl (C=O) groups is 1. The van der Waals surface area contributed by atoms with Crippen LogP contribution in [0.25, 0.3) is 11.1 Å². The number of ether oxygens (including phenoxy) is 1. The Hall–Kier alpha value is -3.96. The quantitative estimate of drug-likeness (QED) is 0.198. The number of nitrogens with zero attached hydrogens (tertiary/aromatic N) is 2. The van der Waals surface area contributed by atoms with Crippen molar-refractivity contribution in [3.05, 3.63) is 102 Å². The molecule has 0 radical (unpaired) electrons. The van der Waals surface area contributed by atoms with E-state index in [0.717, 1.165) is 43.9 Å². The molecule has 0 amide bonds. The van der Waals surface area contributed by atoms with Crippen molar-refractivity contribution in [2.24, 2.45) is 5.92 Å². The van der Waals surface area contributed by atoms with Crippen LogP contribution < -0.4 is 9.64 Å². The number of likely N-dealkylation sites (N-methyl/N-ethyl adjacent to an activating group) is 1. The molecule has 1 aliphatic heterocycles. The number of halogens is 2. The fraction of sp³-hybridized carbons (Fsp3) is 0.265. The predicted molar refractivity (Wildman–Crippen MR) is 168 cm³/mol. The van der Waals surface area contributed by atoms with Crippen LogP contribution in [0.5, 0.6) is 11.5 Å². The van der Waals surface area contributed by atoms with Crippen LogP contribution in [0.2, 0.25) is 0 Å². The summed E-state index contributed by atoms with van der Waals surface area (Å²) in [6.45, 7) is 0.465. The van der Waals surface area contributed by atoms with Gasteiger partial charge in [-0.3, -0.25) is 9.11 Å². The van der Waals surface area contributed by atoms with Gasteiger partial charge in [0.15, 0.2) is 11.6 Å². The van der Waals surface area contributed by atoms with Crippen molar-refractivity contribution in [3.8, 4) is 22.6 Å². The lowest BCUT2D eigenvalue weighted by molar-refractivity contribution is 0.0692. The minimum Gasteiger partial charge on any atom is -0.478 e. The fourth-order valence-corrected chi connectivity index (χ4v) is 8.01. The summed E-state index contributed by atoms with van der Waals surface area (Å²) < 4.78 is 61.1. The lowest BCUT2D eigenvalue weighted by Gasteiger charge is -2.46. The zero-order valence-corrected chi connectivity index (χ0v) is 25.0. The number of carboxylic acid groups (broad SMARTS) is 1. The Morgan fingerprint density at radius 2 is 1.57 bits per heavy atom. The lowest BCUT2D eigenvalue weighted by atomic mass is 9.83. The van der Waals surface area contributed by atoms with Gasteiger partial charge in [0.25, 0.3) is 0 Å². The summed E-state index contributed by atoms with van der Waals surface area (Å²) in [5.74, 6) is -2.67. The number of para-hydroxylation sites is 2. The smallest absolute Gasteiger partial charge is 0.338 e. The van der Waals surface area contributed by atoms with Crippen LogP contribution >= 0.6 is 10.8 Å². The number of fused-ring (bicyclic) bond motifs is 1. The Balaban J connectivity index is 1.60. The molecular formula is C34H34F2N2O5S. The molecule has 7 nitrogen and oxygen atoms in total. The minimum absolute atomic E-state index is 0.0713. The van der Waals surface area contributed by atoms with Gasteiger partial charge in [-0.2, -0.15) is 4.31 Å². The van der Waals surface area contributed by atoms with Crippen LogP contribution in [-0.4, -0.2) is 44.1 Å². The predicted octanol–water partition coefficient (Wildman–Crippen LogP) is 9.18. The first-order chi connectivity index (χ1) is 21.1. The molecule has 230 valence electrons. The molecule has 1 fully saturated rings. The molecule has 44 heavy (non-hydrogen) atoms. The summed E-state index contributed by atoms with van der Waals surface area (Å²) in [6.07, 6.45) is 5.26. The number of hydrogen-bond donors (Lipinski definition) is 3. The van der Waals surface area contributed by atoms with E-state index in [9.17, 15) is 27.8 Å². The Morgan fingerprint density at radius 1 is 0.864 bits per heavy atom. The van der Waals surface area contributed by atoms with Crippen molar-refractivity contribution in [3.63, 3.8) is 0 Å². The second kappa shape index (κ2) is 12.2. The third-order valence-corrected chi connectivity index (χ3v) is 10.7. The molecule has 0 spiro atoms. The van der Waals surface area contributed by atoms with Gasteiger partial charge in [0.05, 0.1) is 16.1 Å². The first kappa shape index (κ1) is 30.1. The van der Waals surface area contributed by atoms with Gasteiger partial charge in [-0.05, 0) is 66.8 Å². The van der Waals surface area contributed by atoms with Gasteiger partial charge < -0.3 is 14.7 Å². The number of aromatic carboxylic acids is 1. The Labute approximate surface area is 256 Å². The summed E-state index contributed by atoms with van der Waals surface area (Å²) in [4.78, 5) is 14.1. The van der Waals surface area contributed by atoms with Gasteiger partial charge in [0.1, 0.15) is 11.6 Å². The van der Waals surface area contributed by atoms with Gasteiger partial charge in [0, 0.05) is 37.0 Å². The molecule has 4 aromatic rings. The van der Waals surface area contributed by atoms with Gasteiger partial charge in [-0.15, -0.1) is 10.8 Å².